The monoisotopic (exact) mass is 708 g/mol. The van der Waals surface area contributed by atoms with Crippen LogP contribution in [0.2, 0.25) is 0 Å². The average molecular weight is 709 g/mol. The minimum Gasteiger partial charge on any atom is -0.315 e. The van der Waals surface area contributed by atoms with Gasteiger partial charge in [0.2, 0.25) is 0 Å². The standard InChI is InChI=1S/C49H49BN2S/c1-30-14-13-17-35(24-30)51-42-25-31(2)26-43-45(42)50(47-46(51)36-18-11-12-19-44(36)53-47)39-28-37-38(49(6,7)23-22-48(37,4)5)29-41(39)52(43)40-21-20-34(27-32(40)3)33-15-9-8-10-16-33/h8-13,15-21,24-28,30,38H,14,22-23,29H2,1-7H3. The second-order valence-electron chi connectivity index (χ2n) is 17.8. The zero-order valence-corrected chi connectivity index (χ0v) is 33.1. The molecule has 2 aliphatic heterocycles. The van der Waals surface area contributed by atoms with Crippen molar-refractivity contribution < 1.29 is 0 Å². The Labute approximate surface area is 320 Å². The Morgan fingerprint density at radius 2 is 1.55 bits per heavy atom. The normalized spacial score (nSPS) is 22.2. The van der Waals surface area contributed by atoms with Gasteiger partial charge < -0.3 is 9.80 Å². The first-order chi connectivity index (χ1) is 25.5. The van der Waals surface area contributed by atoms with Crippen LogP contribution < -0.4 is 20.0 Å². The number of benzene rings is 4. The minimum atomic E-state index is 0.171. The highest BCUT2D eigenvalue weighted by Crippen LogP contribution is 2.59. The van der Waals surface area contributed by atoms with Crippen LogP contribution in [0.1, 0.15) is 71.4 Å². The van der Waals surface area contributed by atoms with Gasteiger partial charge in [0, 0.05) is 43.3 Å². The molecule has 2 unspecified atom stereocenters. The summed E-state index contributed by atoms with van der Waals surface area (Å²) in [6.45, 7) is 17.3. The summed E-state index contributed by atoms with van der Waals surface area (Å²) in [4.78, 5) is 5.36. The van der Waals surface area contributed by atoms with Crippen molar-refractivity contribution in [1.82, 2.24) is 0 Å². The third-order valence-corrected chi connectivity index (χ3v) is 14.5. The van der Waals surface area contributed by atoms with Crippen LogP contribution in [0.4, 0.5) is 22.7 Å². The topological polar surface area (TPSA) is 6.48 Å². The van der Waals surface area contributed by atoms with E-state index in [2.05, 4.69) is 167 Å². The van der Waals surface area contributed by atoms with E-state index in [9.17, 15) is 0 Å². The van der Waals surface area contributed by atoms with Gasteiger partial charge in [-0.1, -0.05) is 113 Å². The molecule has 0 bridgehead atoms. The number of fused-ring (bicyclic) bond motifs is 6. The maximum atomic E-state index is 2.73. The van der Waals surface area contributed by atoms with Crippen molar-refractivity contribution in [3.8, 4) is 11.1 Å². The quantitative estimate of drug-likeness (QED) is 0.172. The Morgan fingerprint density at radius 3 is 2.32 bits per heavy atom. The van der Waals surface area contributed by atoms with Crippen molar-refractivity contribution in [1.29, 1.82) is 0 Å². The molecule has 0 saturated heterocycles. The summed E-state index contributed by atoms with van der Waals surface area (Å²) in [6.07, 6.45) is 14.6. The van der Waals surface area contributed by atoms with E-state index in [4.69, 9.17) is 0 Å². The Hall–Kier alpha value is -4.54. The van der Waals surface area contributed by atoms with E-state index >= 15 is 0 Å². The zero-order valence-electron chi connectivity index (χ0n) is 32.3. The molecule has 5 aliphatic rings. The molecule has 4 heteroatoms. The van der Waals surface area contributed by atoms with Gasteiger partial charge in [-0.15, -0.1) is 11.3 Å². The maximum absolute atomic E-state index is 2.73. The summed E-state index contributed by atoms with van der Waals surface area (Å²) in [7, 11) is 0. The minimum absolute atomic E-state index is 0.171. The van der Waals surface area contributed by atoms with Crippen LogP contribution >= 0.6 is 11.3 Å². The molecule has 0 spiro atoms. The van der Waals surface area contributed by atoms with Crippen LogP contribution in [0.15, 0.2) is 132 Å². The van der Waals surface area contributed by atoms with Gasteiger partial charge >= 0.3 is 0 Å². The Kier molecular flexibility index (Phi) is 7.32. The molecule has 53 heavy (non-hydrogen) atoms. The molecular weight excluding hydrogens is 659 g/mol. The molecule has 5 aromatic rings. The molecule has 10 rings (SSSR count). The first-order valence-corrected chi connectivity index (χ1v) is 20.6. The van der Waals surface area contributed by atoms with Gasteiger partial charge in [-0.3, -0.25) is 0 Å². The van der Waals surface area contributed by atoms with E-state index in [0.29, 0.717) is 11.8 Å². The van der Waals surface area contributed by atoms with E-state index in [0.717, 1.165) is 12.8 Å². The third kappa shape index (κ3) is 4.97. The Bertz CT molecular complexity index is 2470. The highest BCUT2D eigenvalue weighted by molar-refractivity contribution is 7.33. The van der Waals surface area contributed by atoms with Crippen LogP contribution in [-0.4, -0.2) is 6.71 Å². The number of anilines is 4. The van der Waals surface area contributed by atoms with E-state index < -0.39 is 0 Å². The molecule has 1 saturated carbocycles. The molecule has 4 aromatic carbocycles. The zero-order chi connectivity index (χ0) is 36.4. The van der Waals surface area contributed by atoms with Crippen molar-refractivity contribution in [3.63, 3.8) is 0 Å². The average Bonchev–Trinajstić information content (AvgIpc) is 3.53. The van der Waals surface area contributed by atoms with Crippen LogP contribution in [0, 0.1) is 36.5 Å². The molecule has 2 atom stereocenters. The Balaban J connectivity index is 1.29. The predicted octanol–water partition coefficient (Wildman–Crippen LogP) is 12.5. The fourth-order valence-corrected chi connectivity index (χ4v) is 11.7. The smallest absolute Gasteiger partial charge is 0.264 e. The Morgan fingerprint density at radius 1 is 0.792 bits per heavy atom. The van der Waals surface area contributed by atoms with Crippen molar-refractivity contribution in [2.75, 3.05) is 9.80 Å². The fourth-order valence-electron chi connectivity index (χ4n) is 10.4. The number of thiophene rings is 1. The van der Waals surface area contributed by atoms with Gasteiger partial charge in [-0.05, 0) is 132 Å². The number of hydrogen-bond donors (Lipinski definition) is 0. The van der Waals surface area contributed by atoms with E-state index in [1.807, 2.05) is 11.3 Å². The van der Waals surface area contributed by atoms with Gasteiger partial charge in [-0.2, -0.15) is 0 Å². The predicted molar refractivity (Wildman–Crippen MR) is 230 cm³/mol. The van der Waals surface area contributed by atoms with Crippen LogP contribution in [0.3, 0.4) is 0 Å². The molecule has 0 amide bonds. The van der Waals surface area contributed by atoms with Crippen LogP contribution in [0.25, 0.3) is 21.2 Å². The van der Waals surface area contributed by atoms with E-state index in [-0.39, 0.29) is 17.5 Å². The van der Waals surface area contributed by atoms with Crippen molar-refractivity contribution in [3.05, 3.63) is 143 Å². The third-order valence-electron chi connectivity index (χ3n) is 13.3. The van der Waals surface area contributed by atoms with Crippen LogP contribution in [-0.2, 0) is 0 Å². The highest BCUT2D eigenvalue weighted by atomic mass is 32.1. The second-order valence-corrected chi connectivity index (χ2v) is 18.9. The van der Waals surface area contributed by atoms with Gasteiger partial charge in [-0.25, -0.2) is 0 Å². The van der Waals surface area contributed by atoms with E-state index in [1.54, 1.807) is 5.57 Å². The lowest BCUT2D eigenvalue weighted by molar-refractivity contribution is 0.121. The number of nitrogens with zero attached hydrogens (tertiary/aromatic N) is 2. The summed E-state index contributed by atoms with van der Waals surface area (Å²) in [5, 5.41) is 1.37. The first-order valence-electron chi connectivity index (χ1n) is 19.8. The molecule has 2 nitrogen and oxygen atoms in total. The lowest BCUT2D eigenvalue weighted by Gasteiger charge is -2.53. The van der Waals surface area contributed by atoms with Gasteiger partial charge in [0.05, 0.1) is 5.69 Å². The van der Waals surface area contributed by atoms with Crippen LogP contribution in [0.5, 0.6) is 0 Å². The molecule has 0 radical (unpaired) electrons. The summed E-state index contributed by atoms with van der Waals surface area (Å²) in [6, 6.07) is 32.1. The molecule has 0 N–H and O–H groups in total. The summed E-state index contributed by atoms with van der Waals surface area (Å²) in [5.41, 5.74) is 18.4. The fraction of sp³-hybridized carbons (Fsp3) is 0.306. The van der Waals surface area contributed by atoms with Gasteiger partial charge in [0.1, 0.15) is 0 Å². The van der Waals surface area contributed by atoms with E-state index in [1.165, 1.54) is 95.0 Å². The maximum Gasteiger partial charge on any atom is 0.264 e. The first kappa shape index (κ1) is 33.1. The number of allylic oxidation sites excluding steroid dienone is 7. The van der Waals surface area contributed by atoms with Crippen molar-refractivity contribution in [2.45, 2.75) is 74.1 Å². The number of hydrogen-bond acceptors (Lipinski definition) is 3. The summed E-state index contributed by atoms with van der Waals surface area (Å²) in [5.74, 6) is 0.999. The summed E-state index contributed by atoms with van der Waals surface area (Å²) >= 11 is 2.02. The molecule has 1 fully saturated rings. The number of aryl methyl sites for hydroxylation is 2. The SMILES string of the molecule is Cc1cc2c3c(c1)N(C1=CC(C)CC=C1)c1c(sc4ccccc14)B3C1=C(CC3C(=C1)C(C)(C)CCC3(C)C)N2c1ccc(-c2ccccc2)cc1C. The molecular formula is C49H49BN2S. The highest BCUT2D eigenvalue weighted by Gasteiger charge is 2.52. The molecule has 3 heterocycles. The van der Waals surface area contributed by atoms with Crippen molar-refractivity contribution >= 4 is 61.1 Å². The van der Waals surface area contributed by atoms with Gasteiger partial charge in [0.25, 0.3) is 6.71 Å². The lowest BCUT2D eigenvalue weighted by atomic mass is 9.34. The second kappa shape index (κ2) is 11.7. The molecule has 3 aliphatic carbocycles. The number of rotatable bonds is 3. The molecule has 1 aromatic heterocycles. The largest absolute Gasteiger partial charge is 0.315 e. The van der Waals surface area contributed by atoms with Gasteiger partial charge in [0.15, 0.2) is 0 Å². The molecule has 264 valence electrons. The summed E-state index contributed by atoms with van der Waals surface area (Å²) < 4.78 is 2.86. The lowest BCUT2D eigenvalue weighted by Crippen LogP contribution is -2.56. The van der Waals surface area contributed by atoms with Crippen molar-refractivity contribution in [2.24, 2.45) is 22.7 Å².